The Morgan fingerprint density at radius 3 is 3.00 bits per heavy atom. The van der Waals surface area contributed by atoms with Crippen molar-refractivity contribution in [1.82, 2.24) is 10.2 Å². The summed E-state index contributed by atoms with van der Waals surface area (Å²) in [6.45, 7) is 6.91. The van der Waals surface area contributed by atoms with Crippen LogP contribution in [0.3, 0.4) is 0 Å². The molecule has 16 heavy (non-hydrogen) atoms. The number of likely N-dealkylation sites (N-methyl/N-ethyl adjacent to an activating group) is 1. The second-order valence-corrected chi connectivity index (χ2v) is 6.03. The lowest BCUT2D eigenvalue weighted by Crippen LogP contribution is -2.33. The summed E-state index contributed by atoms with van der Waals surface area (Å²) in [5.74, 6) is 0.640. The van der Waals surface area contributed by atoms with Crippen molar-refractivity contribution in [2.24, 2.45) is 0 Å². The summed E-state index contributed by atoms with van der Waals surface area (Å²) in [7, 11) is 2.22. The van der Waals surface area contributed by atoms with Crippen molar-refractivity contribution in [3.8, 4) is 0 Å². The molecule has 2 rings (SSSR count). The first kappa shape index (κ1) is 12.1. The van der Waals surface area contributed by atoms with E-state index < -0.39 is 0 Å². The second kappa shape index (κ2) is 5.30. The molecule has 0 bridgehead atoms. The average Bonchev–Trinajstić information content (AvgIpc) is 2.86. The smallest absolute Gasteiger partial charge is 0.0210 e. The maximum atomic E-state index is 3.70. The van der Waals surface area contributed by atoms with Crippen LogP contribution in [-0.2, 0) is 0 Å². The van der Waals surface area contributed by atoms with Crippen molar-refractivity contribution in [2.45, 2.75) is 38.3 Å². The van der Waals surface area contributed by atoms with E-state index in [4.69, 9.17) is 0 Å². The molecule has 0 amide bonds. The molecule has 0 aromatic carbocycles. The van der Waals surface area contributed by atoms with Crippen LogP contribution in [0.5, 0.6) is 0 Å². The molecule has 1 aromatic heterocycles. The van der Waals surface area contributed by atoms with Crippen molar-refractivity contribution in [3.63, 3.8) is 0 Å². The number of rotatable bonds is 4. The quantitative estimate of drug-likeness (QED) is 0.867. The lowest BCUT2D eigenvalue weighted by Gasteiger charge is -2.16. The third-order valence-electron chi connectivity index (χ3n) is 3.63. The van der Waals surface area contributed by atoms with E-state index in [2.05, 4.69) is 48.6 Å². The van der Waals surface area contributed by atoms with E-state index in [1.165, 1.54) is 17.8 Å². The Bertz CT molecular complexity index is 300. The van der Waals surface area contributed by atoms with E-state index in [9.17, 15) is 0 Å². The third kappa shape index (κ3) is 2.84. The largest absolute Gasteiger partial charge is 0.312 e. The number of thiophene rings is 1. The zero-order valence-corrected chi connectivity index (χ0v) is 11.3. The number of nitrogens with zero attached hydrogens (tertiary/aromatic N) is 1. The summed E-state index contributed by atoms with van der Waals surface area (Å²) in [4.78, 5) is 3.93. The predicted octanol–water partition coefficient (Wildman–Crippen LogP) is 2.53. The van der Waals surface area contributed by atoms with E-state index in [1.54, 1.807) is 0 Å². The molecule has 3 unspecified atom stereocenters. The molecule has 2 nitrogen and oxygen atoms in total. The summed E-state index contributed by atoms with van der Waals surface area (Å²) >= 11 is 1.86. The molecule has 1 aromatic rings. The Labute approximate surface area is 103 Å². The topological polar surface area (TPSA) is 15.3 Å². The van der Waals surface area contributed by atoms with Gasteiger partial charge in [0.25, 0.3) is 0 Å². The highest BCUT2D eigenvalue weighted by Gasteiger charge is 2.25. The molecule has 2 heterocycles. The zero-order valence-electron chi connectivity index (χ0n) is 10.4. The van der Waals surface area contributed by atoms with E-state index in [-0.39, 0.29) is 0 Å². The molecular weight excluding hydrogens is 216 g/mol. The van der Waals surface area contributed by atoms with Gasteiger partial charge in [-0.25, -0.2) is 0 Å². The number of hydrogen-bond acceptors (Lipinski definition) is 3. The van der Waals surface area contributed by atoms with E-state index >= 15 is 0 Å². The van der Waals surface area contributed by atoms with Crippen molar-refractivity contribution in [2.75, 3.05) is 20.1 Å². The van der Waals surface area contributed by atoms with E-state index in [1.807, 2.05) is 11.3 Å². The maximum absolute atomic E-state index is 3.70. The van der Waals surface area contributed by atoms with Crippen molar-refractivity contribution >= 4 is 11.3 Å². The van der Waals surface area contributed by atoms with Crippen LogP contribution in [0.2, 0.25) is 0 Å². The minimum absolute atomic E-state index is 0.640. The first-order valence-corrected chi connectivity index (χ1v) is 7.02. The highest BCUT2D eigenvalue weighted by Crippen LogP contribution is 2.21. The number of likely N-dealkylation sites (tertiary alicyclic amines) is 1. The van der Waals surface area contributed by atoms with Gasteiger partial charge in [0.15, 0.2) is 0 Å². The summed E-state index contributed by atoms with van der Waals surface area (Å²) < 4.78 is 0. The molecule has 1 N–H and O–H groups in total. The Hall–Kier alpha value is -0.380. The molecule has 0 radical (unpaired) electrons. The van der Waals surface area contributed by atoms with Gasteiger partial charge in [-0.15, -0.1) is 11.3 Å². The standard InChI is InChI=1S/C13H22N2S/c1-10(13-5-4-6-16-13)8-14-12-7-11(2)15(3)9-12/h4-6,10-12,14H,7-9H2,1-3H3. The van der Waals surface area contributed by atoms with Gasteiger partial charge in [-0.2, -0.15) is 0 Å². The van der Waals surface area contributed by atoms with Crippen molar-refractivity contribution < 1.29 is 0 Å². The Morgan fingerprint density at radius 1 is 1.62 bits per heavy atom. The third-order valence-corrected chi connectivity index (χ3v) is 4.73. The van der Waals surface area contributed by atoms with Gasteiger partial charge in [0.1, 0.15) is 0 Å². The van der Waals surface area contributed by atoms with Gasteiger partial charge >= 0.3 is 0 Å². The van der Waals surface area contributed by atoms with Gasteiger partial charge in [-0.3, -0.25) is 0 Å². The fourth-order valence-electron chi connectivity index (χ4n) is 2.36. The molecule has 90 valence electrons. The lowest BCUT2D eigenvalue weighted by molar-refractivity contribution is 0.326. The molecule has 1 fully saturated rings. The Morgan fingerprint density at radius 2 is 2.44 bits per heavy atom. The van der Waals surface area contributed by atoms with Gasteiger partial charge in [0.05, 0.1) is 0 Å². The minimum atomic E-state index is 0.640. The summed E-state index contributed by atoms with van der Waals surface area (Å²) in [6, 6.07) is 5.79. The Kier molecular flexibility index (Phi) is 4.00. The van der Waals surface area contributed by atoms with Crippen molar-refractivity contribution in [1.29, 1.82) is 0 Å². The van der Waals surface area contributed by atoms with Gasteiger partial charge in [-0.1, -0.05) is 13.0 Å². The van der Waals surface area contributed by atoms with Gasteiger partial charge < -0.3 is 10.2 Å². The minimum Gasteiger partial charge on any atom is -0.312 e. The van der Waals surface area contributed by atoms with Crippen LogP contribution in [0.4, 0.5) is 0 Å². The number of hydrogen-bond donors (Lipinski definition) is 1. The first-order valence-electron chi connectivity index (χ1n) is 6.14. The monoisotopic (exact) mass is 238 g/mol. The molecule has 1 aliphatic rings. The summed E-state index contributed by atoms with van der Waals surface area (Å²) in [6.07, 6.45) is 1.29. The summed E-state index contributed by atoms with van der Waals surface area (Å²) in [5, 5.41) is 5.86. The fourth-order valence-corrected chi connectivity index (χ4v) is 3.14. The zero-order chi connectivity index (χ0) is 11.5. The SMILES string of the molecule is CC(CNC1CC(C)N(C)C1)c1cccs1. The van der Waals surface area contributed by atoms with Crippen molar-refractivity contribution in [3.05, 3.63) is 22.4 Å². The second-order valence-electron chi connectivity index (χ2n) is 5.05. The van der Waals surface area contributed by atoms with Crippen LogP contribution >= 0.6 is 11.3 Å². The lowest BCUT2D eigenvalue weighted by atomic mass is 10.1. The molecule has 1 aliphatic heterocycles. The van der Waals surface area contributed by atoms with Crippen LogP contribution in [-0.4, -0.2) is 37.1 Å². The van der Waals surface area contributed by atoms with Crippen LogP contribution in [0, 0.1) is 0 Å². The van der Waals surface area contributed by atoms with Crippen LogP contribution in [0.25, 0.3) is 0 Å². The van der Waals surface area contributed by atoms with Gasteiger partial charge in [0, 0.05) is 36.0 Å². The van der Waals surface area contributed by atoms with Gasteiger partial charge in [0.2, 0.25) is 0 Å². The predicted molar refractivity (Wildman–Crippen MR) is 71.2 cm³/mol. The molecule has 0 spiro atoms. The number of nitrogens with one attached hydrogen (secondary N) is 1. The highest BCUT2D eigenvalue weighted by atomic mass is 32.1. The van der Waals surface area contributed by atoms with Crippen LogP contribution in [0.1, 0.15) is 31.1 Å². The van der Waals surface area contributed by atoms with E-state index in [0.29, 0.717) is 12.0 Å². The first-order chi connectivity index (χ1) is 7.66. The highest BCUT2D eigenvalue weighted by molar-refractivity contribution is 7.10. The molecule has 3 heteroatoms. The van der Waals surface area contributed by atoms with Gasteiger partial charge in [-0.05, 0) is 31.8 Å². The molecule has 3 atom stereocenters. The normalized spacial score (nSPS) is 28.4. The van der Waals surface area contributed by atoms with E-state index in [0.717, 1.165) is 12.6 Å². The average molecular weight is 238 g/mol. The Balaban J connectivity index is 1.76. The molecule has 0 aliphatic carbocycles. The van der Waals surface area contributed by atoms with Crippen LogP contribution < -0.4 is 5.32 Å². The molecular formula is C13H22N2S. The molecule has 0 saturated carbocycles. The fraction of sp³-hybridized carbons (Fsp3) is 0.692. The molecule has 1 saturated heterocycles. The summed E-state index contributed by atoms with van der Waals surface area (Å²) in [5.41, 5.74) is 0. The van der Waals surface area contributed by atoms with Crippen LogP contribution in [0.15, 0.2) is 17.5 Å². The maximum Gasteiger partial charge on any atom is 0.0210 e.